The van der Waals surface area contributed by atoms with Gasteiger partial charge in [-0.05, 0) is 79.3 Å². The van der Waals surface area contributed by atoms with E-state index >= 15 is 0 Å². The monoisotopic (exact) mass is 568 g/mol. The second-order valence-corrected chi connectivity index (χ2v) is 11.0. The van der Waals surface area contributed by atoms with Crippen molar-refractivity contribution < 1.29 is 19.1 Å². The Bertz CT molecular complexity index is 1660. The van der Waals surface area contributed by atoms with E-state index in [-0.39, 0.29) is 18.4 Å². The lowest BCUT2D eigenvalue weighted by Crippen LogP contribution is -2.27. The van der Waals surface area contributed by atoms with Crippen molar-refractivity contribution in [3.63, 3.8) is 0 Å². The number of hydrogen-bond donors (Lipinski definition) is 1. The number of ether oxygens (including phenoxy) is 2. The van der Waals surface area contributed by atoms with Crippen molar-refractivity contribution in [2.24, 2.45) is 0 Å². The molecule has 6 nitrogen and oxygen atoms in total. The highest BCUT2D eigenvalue weighted by molar-refractivity contribution is 8.27. The van der Waals surface area contributed by atoms with Crippen molar-refractivity contribution in [2.45, 2.75) is 20.8 Å². The molecule has 1 aliphatic rings. The average molecular weight is 569 g/mol. The Hall–Kier alpha value is -4.14. The molecule has 4 aromatic carbocycles. The molecule has 0 aliphatic carbocycles. The number of nitrogens with zero attached hydrogens (tertiary/aromatic N) is 1. The molecule has 0 aromatic heterocycles. The minimum absolute atomic E-state index is 0.171. The fourth-order valence-corrected chi connectivity index (χ4v) is 5.68. The number of amides is 2. The van der Waals surface area contributed by atoms with Crippen molar-refractivity contribution in [3.8, 4) is 11.5 Å². The van der Waals surface area contributed by atoms with Crippen molar-refractivity contribution >= 4 is 68.3 Å². The Kier molecular flexibility index (Phi) is 8.19. The second-order valence-electron chi connectivity index (χ2n) is 9.29. The van der Waals surface area contributed by atoms with Gasteiger partial charge in [-0.25, -0.2) is 0 Å². The van der Waals surface area contributed by atoms with Gasteiger partial charge in [-0.15, -0.1) is 0 Å². The maximum absolute atomic E-state index is 13.5. The zero-order valence-corrected chi connectivity index (χ0v) is 24.0. The molecule has 0 atom stereocenters. The molecule has 2 amide bonds. The quantitative estimate of drug-likeness (QED) is 0.178. The van der Waals surface area contributed by atoms with Crippen molar-refractivity contribution in [3.05, 3.63) is 100 Å². The number of thioether (sulfide) groups is 1. The van der Waals surface area contributed by atoms with Gasteiger partial charge in [-0.1, -0.05) is 72.5 Å². The zero-order chi connectivity index (χ0) is 28.2. The Labute approximate surface area is 243 Å². The number of thiocarbonyl (C=S) groups is 1. The summed E-state index contributed by atoms with van der Waals surface area (Å²) in [5, 5.41) is 4.86. The van der Waals surface area contributed by atoms with Crippen LogP contribution in [-0.2, 0) is 9.59 Å². The molecule has 0 spiro atoms. The van der Waals surface area contributed by atoms with Gasteiger partial charge in [0, 0.05) is 11.1 Å². The first kappa shape index (κ1) is 27.4. The number of rotatable bonds is 8. The predicted octanol–water partition coefficient (Wildman–Crippen LogP) is 7.28. The number of carbonyl (C=O) groups is 2. The summed E-state index contributed by atoms with van der Waals surface area (Å²) in [6.07, 6.45) is 1.79. The van der Waals surface area contributed by atoms with Crippen LogP contribution in [0.2, 0.25) is 0 Å². The molecule has 1 heterocycles. The molecular formula is C32H28N2O4S2. The van der Waals surface area contributed by atoms with E-state index in [1.807, 2.05) is 87.5 Å². The van der Waals surface area contributed by atoms with E-state index in [0.717, 1.165) is 38.8 Å². The summed E-state index contributed by atoms with van der Waals surface area (Å²) >= 11 is 6.87. The molecule has 0 saturated carbocycles. The number of anilines is 2. The molecule has 1 saturated heterocycles. The van der Waals surface area contributed by atoms with Gasteiger partial charge in [0.15, 0.2) is 22.4 Å². The molecule has 1 fully saturated rings. The van der Waals surface area contributed by atoms with Crippen LogP contribution in [0.15, 0.2) is 83.8 Å². The first-order valence-corrected chi connectivity index (χ1v) is 14.1. The standard InChI is InChI=1S/C32H28N2O4S2/c1-4-37-28-17-22(13-15-27(28)38-19-30(35)33-24-14-12-20(2)21(3)16-24)18-29-31(36)34(32(39)40-29)26-11-7-9-23-8-5-6-10-25(23)26/h5-18H,4,19H2,1-3H3,(H,33,35)/b29-18-. The van der Waals surface area contributed by atoms with Gasteiger partial charge in [-0.2, -0.15) is 0 Å². The summed E-state index contributed by atoms with van der Waals surface area (Å²) in [7, 11) is 0. The normalized spacial score (nSPS) is 14.2. The number of hydrogen-bond acceptors (Lipinski definition) is 6. The molecule has 8 heteroatoms. The highest BCUT2D eigenvalue weighted by Crippen LogP contribution is 2.39. The molecule has 5 rings (SSSR count). The predicted molar refractivity (Wildman–Crippen MR) is 167 cm³/mol. The maximum Gasteiger partial charge on any atom is 0.270 e. The summed E-state index contributed by atoms with van der Waals surface area (Å²) in [6, 6.07) is 24.9. The SMILES string of the molecule is CCOc1cc(/C=C2\SC(=S)N(c3cccc4ccccc34)C2=O)ccc1OCC(=O)Nc1ccc(C)c(C)c1. The largest absolute Gasteiger partial charge is 0.490 e. The van der Waals surface area contributed by atoms with E-state index in [4.69, 9.17) is 21.7 Å². The highest BCUT2D eigenvalue weighted by Gasteiger charge is 2.34. The Balaban J connectivity index is 1.32. The molecule has 0 bridgehead atoms. The molecular weight excluding hydrogens is 540 g/mol. The summed E-state index contributed by atoms with van der Waals surface area (Å²) in [4.78, 5) is 28.1. The van der Waals surface area contributed by atoms with Crippen LogP contribution in [0.4, 0.5) is 11.4 Å². The minimum atomic E-state index is -0.271. The maximum atomic E-state index is 13.5. The van der Waals surface area contributed by atoms with Crippen molar-refractivity contribution in [1.29, 1.82) is 0 Å². The number of nitrogens with one attached hydrogen (secondary N) is 1. The zero-order valence-electron chi connectivity index (χ0n) is 22.4. The third-order valence-electron chi connectivity index (χ3n) is 6.52. The van der Waals surface area contributed by atoms with Gasteiger partial charge < -0.3 is 14.8 Å². The lowest BCUT2D eigenvalue weighted by Gasteiger charge is -2.17. The molecule has 0 radical (unpaired) electrons. The van der Waals surface area contributed by atoms with E-state index in [9.17, 15) is 9.59 Å². The summed E-state index contributed by atoms with van der Waals surface area (Å²) in [6.45, 7) is 6.14. The third kappa shape index (κ3) is 5.88. The van der Waals surface area contributed by atoms with E-state index in [1.165, 1.54) is 11.8 Å². The van der Waals surface area contributed by atoms with Crippen LogP contribution < -0.4 is 19.7 Å². The smallest absolute Gasteiger partial charge is 0.270 e. The first-order chi connectivity index (χ1) is 19.3. The molecule has 202 valence electrons. The fourth-order valence-electron chi connectivity index (χ4n) is 4.39. The molecule has 0 unspecified atom stereocenters. The van der Waals surface area contributed by atoms with Gasteiger partial charge >= 0.3 is 0 Å². The van der Waals surface area contributed by atoms with Gasteiger partial charge in [-0.3, -0.25) is 14.5 Å². The third-order valence-corrected chi connectivity index (χ3v) is 7.82. The summed E-state index contributed by atoms with van der Waals surface area (Å²) < 4.78 is 12.1. The molecule has 4 aromatic rings. The van der Waals surface area contributed by atoms with Gasteiger partial charge in [0.05, 0.1) is 17.2 Å². The van der Waals surface area contributed by atoms with Gasteiger partial charge in [0.25, 0.3) is 11.8 Å². The van der Waals surface area contributed by atoms with Crippen LogP contribution >= 0.6 is 24.0 Å². The fraction of sp³-hybridized carbons (Fsp3) is 0.156. The molecule has 40 heavy (non-hydrogen) atoms. The summed E-state index contributed by atoms with van der Waals surface area (Å²) in [5.41, 5.74) is 4.50. The average Bonchev–Trinajstić information content (AvgIpc) is 3.22. The lowest BCUT2D eigenvalue weighted by molar-refractivity contribution is -0.118. The Morgan fingerprint density at radius 2 is 1.75 bits per heavy atom. The van der Waals surface area contributed by atoms with Crippen molar-refractivity contribution in [2.75, 3.05) is 23.4 Å². The van der Waals surface area contributed by atoms with Gasteiger partial charge in [0.1, 0.15) is 0 Å². The van der Waals surface area contributed by atoms with Crippen LogP contribution in [0.3, 0.4) is 0 Å². The lowest BCUT2D eigenvalue weighted by atomic mass is 10.1. The van der Waals surface area contributed by atoms with Gasteiger partial charge in [0.2, 0.25) is 0 Å². The topological polar surface area (TPSA) is 67.9 Å². The van der Waals surface area contributed by atoms with Crippen LogP contribution in [0.1, 0.15) is 23.6 Å². The number of benzene rings is 4. The van der Waals surface area contributed by atoms with Crippen LogP contribution in [0, 0.1) is 13.8 Å². The first-order valence-electron chi connectivity index (χ1n) is 12.9. The highest BCUT2D eigenvalue weighted by atomic mass is 32.2. The van der Waals surface area contributed by atoms with E-state index in [1.54, 1.807) is 23.1 Å². The number of aryl methyl sites for hydroxylation is 2. The van der Waals surface area contributed by atoms with E-state index in [2.05, 4.69) is 5.32 Å². The van der Waals surface area contributed by atoms with Crippen LogP contribution in [0.25, 0.3) is 16.8 Å². The second kappa shape index (κ2) is 11.9. The number of carbonyl (C=O) groups excluding carboxylic acids is 2. The Morgan fingerprint density at radius 1 is 0.950 bits per heavy atom. The Morgan fingerprint density at radius 3 is 2.55 bits per heavy atom. The van der Waals surface area contributed by atoms with E-state index < -0.39 is 0 Å². The van der Waals surface area contributed by atoms with Crippen LogP contribution in [-0.4, -0.2) is 29.3 Å². The summed E-state index contributed by atoms with van der Waals surface area (Å²) in [5.74, 6) is 0.483. The minimum Gasteiger partial charge on any atom is -0.490 e. The molecule has 1 N–H and O–H groups in total. The molecule has 1 aliphatic heterocycles. The van der Waals surface area contributed by atoms with Crippen molar-refractivity contribution in [1.82, 2.24) is 0 Å². The number of fused-ring (bicyclic) bond motifs is 1. The van der Waals surface area contributed by atoms with E-state index in [0.29, 0.717) is 27.3 Å². The van der Waals surface area contributed by atoms with Crippen LogP contribution in [0.5, 0.6) is 11.5 Å².